The first-order valence-electron chi connectivity index (χ1n) is 4.32. The molecular weight excluding hydrogens is 386 g/mol. The van der Waals surface area contributed by atoms with E-state index >= 15 is 0 Å². The third-order valence-electron chi connectivity index (χ3n) is 1.58. The molecule has 1 aromatic carbocycles. The third kappa shape index (κ3) is 6.34. The smallest absolute Gasteiger partial charge is 0.0587 e. The predicted molar refractivity (Wildman–Crippen MR) is 75.6 cm³/mol. The van der Waals surface area contributed by atoms with Crippen molar-refractivity contribution in [3.05, 3.63) is 34.9 Å². The highest BCUT2D eigenvalue weighted by molar-refractivity contribution is 9.09. The van der Waals surface area contributed by atoms with Crippen molar-refractivity contribution in [2.24, 2.45) is 0 Å². The van der Waals surface area contributed by atoms with Gasteiger partial charge in [-0.05, 0) is 16.7 Å². The lowest BCUT2D eigenvalue weighted by Gasteiger charge is -2.03. The molecule has 0 radical (unpaired) electrons. The predicted octanol–water partition coefficient (Wildman–Crippen LogP) is 4.90. The van der Waals surface area contributed by atoms with Gasteiger partial charge in [-0.1, -0.05) is 66.0 Å². The van der Waals surface area contributed by atoms with Crippen molar-refractivity contribution in [3.63, 3.8) is 0 Å². The van der Waals surface area contributed by atoms with Gasteiger partial charge in [0.05, 0.1) is 6.07 Å². The van der Waals surface area contributed by atoms with Crippen LogP contribution in [0.1, 0.15) is 23.6 Å². The molecule has 0 aliphatic rings. The van der Waals surface area contributed by atoms with Gasteiger partial charge in [0, 0.05) is 22.9 Å². The lowest BCUT2D eigenvalue weighted by atomic mass is 10.1. The van der Waals surface area contributed by atoms with Crippen molar-refractivity contribution >= 4 is 47.8 Å². The summed E-state index contributed by atoms with van der Waals surface area (Å²) in [5.74, 6) is 0. The van der Waals surface area contributed by atoms with Crippen LogP contribution in [0.3, 0.4) is 0 Å². The van der Waals surface area contributed by atoms with Crippen molar-refractivity contribution < 1.29 is 0 Å². The highest BCUT2D eigenvalue weighted by Gasteiger charge is 1.98. The molecule has 0 aliphatic heterocycles. The fourth-order valence-electron chi connectivity index (χ4n) is 1.07. The lowest BCUT2D eigenvalue weighted by Crippen LogP contribution is -1.87. The Labute approximate surface area is 116 Å². The molecular formula is C11H12Br3N. The highest BCUT2D eigenvalue weighted by Crippen LogP contribution is 2.17. The van der Waals surface area contributed by atoms with Gasteiger partial charge in [-0.15, -0.1) is 0 Å². The Morgan fingerprint density at radius 2 is 1.13 bits per heavy atom. The van der Waals surface area contributed by atoms with Crippen LogP contribution < -0.4 is 0 Å². The molecule has 0 N–H and O–H groups in total. The molecule has 0 saturated carbocycles. The van der Waals surface area contributed by atoms with Crippen LogP contribution in [0.25, 0.3) is 0 Å². The molecule has 0 aromatic heterocycles. The first-order valence-corrected chi connectivity index (χ1v) is 7.68. The minimum absolute atomic E-state index is 0.924. The van der Waals surface area contributed by atoms with Gasteiger partial charge in [-0.2, -0.15) is 5.26 Å². The Morgan fingerprint density at radius 3 is 1.27 bits per heavy atom. The topological polar surface area (TPSA) is 23.8 Å². The van der Waals surface area contributed by atoms with Crippen LogP contribution in [0.2, 0.25) is 0 Å². The van der Waals surface area contributed by atoms with Crippen LogP contribution in [-0.2, 0) is 16.0 Å². The van der Waals surface area contributed by atoms with Crippen LogP contribution in [0, 0.1) is 11.3 Å². The van der Waals surface area contributed by atoms with Crippen molar-refractivity contribution in [2.45, 2.75) is 22.9 Å². The Hall–Kier alpha value is 0.150. The molecule has 4 heteroatoms. The molecule has 0 unspecified atom stereocenters. The fraction of sp³-hybridized carbons (Fsp3) is 0.364. The number of alkyl halides is 3. The van der Waals surface area contributed by atoms with Gasteiger partial charge >= 0.3 is 0 Å². The van der Waals surface area contributed by atoms with E-state index in [0.717, 1.165) is 16.0 Å². The van der Waals surface area contributed by atoms with E-state index in [2.05, 4.69) is 66.0 Å². The summed E-state index contributed by atoms with van der Waals surface area (Å²) in [5, 5.41) is 10.1. The zero-order chi connectivity index (χ0) is 11.7. The van der Waals surface area contributed by atoms with E-state index in [9.17, 15) is 0 Å². The SMILES string of the molecule is BrCc1cc(CBr)cc(CBr)c1.CC#N. The molecule has 0 aliphatic carbocycles. The lowest BCUT2D eigenvalue weighted by molar-refractivity contribution is 1.29. The second kappa shape index (κ2) is 9.38. The summed E-state index contributed by atoms with van der Waals surface area (Å²) >= 11 is 10.4. The quantitative estimate of drug-likeness (QED) is 0.665. The van der Waals surface area contributed by atoms with Crippen LogP contribution in [-0.4, -0.2) is 0 Å². The summed E-state index contributed by atoms with van der Waals surface area (Å²) in [6.45, 7) is 1.43. The monoisotopic (exact) mass is 395 g/mol. The average Bonchev–Trinajstić information content (AvgIpc) is 2.29. The molecule has 0 atom stereocenters. The number of rotatable bonds is 3. The van der Waals surface area contributed by atoms with Gasteiger partial charge in [0.2, 0.25) is 0 Å². The molecule has 1 nitrogen and oxygen atoms in total. The van der Waals surface area contributed by atoms with Gasteiger partial charge in [0.25, 0.3) is 0 Å². The minimum atomic E-state index is 0.924. The molecule has 82 valence electrons. The number of halogens is 3. The Bertz CT molecular complexity index is 276. The zero-order valence-electron chi connectivity index (χ0n) is 8.43. The van der Waals surface area contributed by atoms with E-state index in [4.69, 9.17) is 5.26 Å². The molecule has 0 heterocycles. The molecule has 0 saturated heterocycles. The summed E-state index contributed by atoms with van der Waals surface area (Å²) in [6.07, 6.45) is 0. The van der Waals surface area contributed by atoms with E-state index in [-0.39, 0.29) is 0 Å². The van der Waals surface area contributed by atoms with Gasteiger partial charge in [-0.25, -0.2) is 0 Å². The second-order valence-electron chi connectivity index (χ2n) is 2.78. The highest BCUT2D eigenvalue weighted by atomic mass is 79.9. The van der Waals surface area contributed by atoms with Crippen LogP contribution in [0.15, 0.2) is 18.2 Å². The molecule has 0 amide bonds. The Balaban J connectivity index is 0.000000583. The minimum Gasteiger partial charge on any atom is -0.199 e. The number of nitrogens with zero attached hydrogens (tertiary/aromatic N) is 1. The maximum absolute atomic E-state index is 7.32. The first kappa shape index (κ1) is 15.2. The molecule has 0 fully saturated rings. The van der Waals surface area contributed by atoms with Gasteiger partial charge in [0.1, 0.15) is 0 Å². The molecule has 15 heavy (non-hydrogen) atoms. The summed E-state index contributed by atoms with van der Waals surface area (Å²) < 4.78 is 0. The Kier molecular flexibility index (Phi) is 9.48. The summed E-state index contributed by atoms with van der Waals surface area (Å²) in [6, 6.07) is 8.36. The summed E-state index contributed by atoms with van der Waals surface area (Å²) in [4.78, 5) is 0. The van der Waals surface area contributed by atoms with Gasteiger partial charge in [0.15, 0.2) is 0 Å². The van der Waals surface area contributed by atoms with Crippen LogP contribution in [0.5, 0.6) is 0 Å². The standard InChI is InChI=1S/C9H9Br3.C2H3N/c10-4-7-1-8(5-11)3-9(2-7)6-12;1-2-3/h1-3H,4-6H2;1H3. The fourth-order valence-corrected chi connectivity index (χ4v) is 2.04. The van der Waals surface area contributed by atoms with Crippen molar-refractivity contribution in [2.75, 3.05) is 0 Å². The summed E-state index contributed by atoms with van der Waals surface area (Å²) in [7, 11) is 0. The average molecular weight is 398 g/mol. The maximum atomic E-state index is 7.32. The largest absolute Gasteiger partial charge is 0.199 e. The van der Waals surface area contributed by atoms with Crippen molar-refractivity contribution in [1.82, 2.24) is 0 Å². The van der Waals surface area contributed by atoms with Crippen LogP contribution >= 0.6 is 47.8 Å². The van der Waals surface area contributed by atoms with E-state index in [1.165, 1.54) is 23.6 Å². The van der Waals surface area contributed by atoms with E-state index in [1.54, 1.807) is 6.07 Å². The number of nitriles is 1. The maximum Gasteiger partial charge on any atom is 0.0587 e. The van der Waals surface area contributed by atoms with E-state index in [1.807, 2.05) is 0 Å². The summed E-state index contributed by atoms with van der Waals surface area (Å²) in [5.41, 5.74) is 4.00. The number of hydrogen-bond acceptors (Lipinski definition) is 1. The van der Waals surface area contributed by atoms with E-state index < -0.39 is 0 Å². The Morgan fingerprint density at radius 1 is 0.933 bits per heavy atom. The zero-order valence-corrected chi connectivity index (χ0v) is 13.2. The first-order chi connectivity index (χ1) is 7.21. The van der Waals surface area contributed by atoms with Gasteiger partial charge < -0.3 is 0 Å². The third-order valence-corrected chi connectivity index (χ3v) is 3.52. The number of benzene rings is 1. The van der Waals surface area contributed by atoms with E-state index in [0.29, 0.717) is 0 Å². The molecule has 1 aromatic rings. The van der Waals surface area contributed by atoms with Crippen molar-refractivity contribution in [1.29, 1.82) is 5.26 Å². The molecule has 0 spiro atoms. The van der Waals surface area contributed by atoms with Crippen LogP contribution in [0.4, 0.5) is 0 Å². The molecule has 1 rings (SSSR count). The second-order valence-corrected chi connectivity index (χ2v) is 4.46. The molecule has 0 bridgehead atoms. The number of hydrogen-bond donors (Lipinski definition) is 0. The van der Waals surface area contributed by atoms with Crippen molar-refractivity contribution in [3.8, 4) is 6.07 Å². The van der Waals surface area contributed by atoms with Gasteiger partial charge in [-0.3, -0.25) is 0 Å². The normalized spacial score (nSPS) is 8.73.